The fourth-order valence-electron chi connectivity index (χ4n) is 2.68. The maximum Gasteiger partial charge on any atom is 0.416 e. The normalized spacial score (nSPS) is 11.0. The molecule has 0 radical (unpaired) electrons. The van der Waals surface area contributed by atoms with Gasteiger partial charge in [0.25, 0.3) is 0 Å². The number of anilines is 1. The summed E-state index contributed by atoms with van der Waals surface area (Å²) < 4.78 is 50.0. The number of hydrogen-bond donors (Lipinski definition) is 1. The molecule has 150 valence electrons. The highest BCUT2D eigenvalue weighted by atomic mass is 19.4. The summed E-state index contributed by atoms with van der Waals surface area (Å²) in [6, 6.07) is 18.7. The molecule has 4 nitrogen and oxygen atoms in total. The first kappa shape index (κ1) is 20.3. The molecule has 0 heterocycles. The average molecular weight is 401 g/mol. The molecule has 3 rings (SSSR count). The van der Waals surface area contributed by atoms with Crippen molar-refractivity contribution in [1.82, 2.24) is 0 Å². The zero-order valence-corrected chi connectivity index (χ0v) is 15.5. The zero-order chi connectivity index (χ0) is 20.9. The monoisotopic (exact) mass is 401 g/mol. The summed E-state index contributed by atoms with van der Waals surface area (Å²) in [6.45, 7) is 0.303. The Morgan fingerprint density at radius 3 is 2.31 bits per heavy atom. The van der Waals surface area contributed by atoms with E-state index in [0.29, 0.717) is 6.54 Å². The van der Waals surface area contributed by atoms with Gasteiger partial charge in [0.15, 0.2) is 5.75 Å². The van der Waals surface area contributed by atoms with E-state index in [1.165, 1.54) is 19.2 Å². The Balaban J connectivity index is 1.94. The fourth-order valence-corrected chi connectivity index (χ4v) is 2.68. The Morgan fingerprint density at radius 1 is 0.931 bits per heavy atom. The number of alkyl halides is 3. The van der Waals surface area contributed by atoms with E-state index in [2.05, 4.69) is 5.32 Å². The molecule has 0 aromatic heterocycles. The Hall–Kier alpha value is -3.48. The van der Waals surface area contributed by atoms with Crippen LogP contribution in [-0.2, 0) is 17.5 Å². The van der Waals surface area contributed by atoms with Crippen LogP contribution in [0.1, 0.15) is 21.5 Å². The first-order valence-corrected chi connectivity index (χ1v) is 8.72. The predicted molar refractivity (Wildman–Crippen MR) is 103 cm³/mol. The molecule has 0 spiro atoms. The number of carbonyl (C=O) groups is 1. The lowest BCUT2D eigenvalue weighted by Gasteiger charge is -2.17. The van der Waals surface area contributed by atoms with E-state index in [4.69, 9.17) is 9.47 Å². The molecule has 0 atom stereocenters. The van der Waals surface area contributed by atoms with Crippen LogP contribution in [0.3, 0.4) is 0 Å². The second-order valence-electron chi connectivity index (χ2n) is 6.14. The molecule has 0 aliphatic heterocycles. The quantitative estimate of drug-likeness (QED) is 0.523. The van der Waals surface area contributed by atoms with Gasteiger partial charge in [-0.15, -0.1) is 0 Å². The average Bonchev–Trinajstić information content (AvgIpc) is 2.73. The van der Waals surface area contributed by atoms with Crippen LogP contribution in [0.25, 0.3) is 0 Å². The van der Waals surface area contributed by atoms with Crippen LogP contribution < -0.4 is 10.1 Å². The fraction of sp³-hybridized carbons (Fsp3) is 0.136. The highest BCUT2D eigenvalue weighted by Crippen LogP contribution is 2.37. The number of para-hydroxylation sites is 1. The Morgan fingerprint density at radius 2 is 1.62 bits per heavy atom. The molecule has 0 saturated carbocycles. The third-order valence-corrected chi connectivity index (χ3v) is 4.14. The number of ether oxygens (including phenoxy) is 2. The van der Waals surface area contributed by atoms with E-state index < -0.39 is 17.7 Å². The van der Waals surface area contributed by atoms with Crippen molar-refractivity contribution in [2.75, 3.05) is 12.4 Å². The van der Waals surface area contributed by atoms with E-state index >= 15 is 0 Å². The maximum absolute atomic E-state index is 13.2. The van der Waals surface area contributed by atoms with E-state index in [0.717, 1.165) is 17.7 Å². The van der Waals surface area contributed by atoms with Gasteiger partial charge in [0.05, 0.1) is 18.4 Å². The minimum absolute atomic E-state index is 0.156. The van der Waals surface area contributed by atoms with Crippen LogP contribution in [0.2, 0.25) is 0 Å². The van der Waals surface area contributed by atoms with Gasteiger partial charge < -0.3 is 14.8 Å². The lowest BCUT2D eigenvalue weighted by atomic mass is 10.1. The van der Waals surface area contributed by atoms with E-state index in [9.17, 15) is 18.0 Å². The van der Waals surface area contributed by atoms with Crippen LogP contribution in [0.5, 0.6) is 11.5 Å². The first-order valence-electron chi connectivity index (χ1n) is 8.72. The first-order chi connectivity index (χ1) is 13.9. The molecular weight excluding hydrogens is 383 g/mol. The van der Waals surface area contributed by atoms with Gasteiger partial charge in [0.1, 0.15) is 11.3 Å². The molecule has 0 fully saturated rings. The van der Waals surface area contributed by atoms with Crippen molar-refractivity contribution in [2.24, 2.45) is 0 Å². The van der Waals surface area contributed by atoms with Crippen LogP contribution >= 0.6 is 0 Å². The van der Waals surface area contributed by atoms with Crippen molar-refractivity contribution >= 4 is 11.7 Å². The van der Waals surface area contributed by atoms with Gasteiger partial charge in [-0.25, -0.2) is 4.79 Å². The molecule has 0 unspecified atom stereocenters. The summed E-state index contributed by atoms with van der Waals surface area (Å²) >= 11 is 0. The summed E-state index contributed by atoms with van der Waals surface area (Å²) in [4.78, 5) is 11.9. The van der Waals surface area contributed by atoms with Gasteiger partial charge in [0.2, 0.25) is 0 Å². The molecular formula is C22H18F3NO3. The highest BCUT2D eigenvalue weighted by Gasteiger charge is 2.31. The maximum atomic E-state index is 13.2. The van der Waals surface area contributed by atoms with Crippen molar-refractivity contribution in [1.29, 1.82) is 0 Å². The van der Waals surface area contributed by atoms with Crippen LogP contribution in [0.4, 0.5) is 18.9 Å². The number of benzene rings is 3. The van der Waals surface area contributed by atoms with Gasteiger partial charge in [-0.2, -0.15) is 13.2 Å². The van der Waals surface area contributed by atoms with Gasteiger partial charge in [-0.3, -0.25) is 0 Å². The molecule has 0 bridgehead atoms. The van der Waals surface area contributed by atoms with E-state index in [1.807, 2.05) is 30.3 Å². The molecule has 3 aromatic rings. The highest BCUT2D eigenvalue weighted by molar-refractivity contribution is 5.92. The number of methoxy groups -OCH3 is 1. The Kier molecular flexibility index (Phi) is 6.07. The standard InChI is InChI=1S/C22H18F3NO3/c1-28-21(27)17-9-5-6-10-19(17)29-20-12-11-16(22(23,24)25)13-18(20)26-14-15-7-3-2-4-8-15/h2-13,26H,14H2,1H3. The van der Waals surface area contributed by atoms with Gasteiger partial charge in [-0.1, -0.05) is 42.5 Å². The van der Waals surface area contributed by atoms with Gasteiger partial charge in [0, 0.05) is 6.54 Å². The largest absolute Gasteiger partial charge is 0.465 e. The molecule has 7 heteroatoms. The number of hydrogen-bond acceptors (Lipinski definition) is 4. The lowest BCUT2D eigenvalue weighted by Crippen LogP contribution is -2.08. The molecule has 29 heavy (non-hydrogen) atoms. The van der Waals surface area contributed by atoms with Crippen LogP contribution in [0.15, 0.2) is 72.8 Å². The third-order valence-electron chi connectivity index (χ3n) is 4.14. The van der Waals surface area contributed by atoms with Crippen molar-refractivity contribution in [2.45, 2.75) is 12.7 Å². The Bertz CT molecular complexity index is 988. The summed E-state index contributed by atoms with van der Waals surface area (Å²) in [5.74, 6) is -0.265. The lowest BCUT2D eigenvalue weighted by molar-refractivity contribution is -0.137. The molecule has 0 aliphatic rings. The number of carbonyl (C=O) groups excluding carboxylic acids is 1. The smallest absolute Gasteiger partial charge is 0.416 e. The summed E-state index contributed by atoms with van der Waals surface area (Å²) in [5.41, 5.74) is 0.416. The second kappa shape index (κ2) is 8.68. The number of halogens is 3. The molecule has 3 aromatic carbocycles. The zero-order valence-electron chi connectivity index (χ0n) is 15.5. The van der Waals surface area contributed by atoms with Gasteiger partial charge >= 0.3 is 12.1 Å². The molecule has 0 amide bonds. The van der Waals surface area contributed by atoms with Crippen molar-refractivity contribution in [3.63, 3.8) is 0 Å². The van der Waals surface area contributed by atoms with Crippen LogP contribution in [0, 0.1) is 0 Å². The summed E-state index contributed by atoms with van der Waals surface area (Å²) in [7, 11) is 1.24. The minimum Gasteiger partial charge on any atom is -0.465 e. The third kappa shape index (κ3) is 5.07. The summed E-state index contributed by atoms with van der Waals surface area (Å²) in [5, 5.41) is 2.98. The molecule has 1 N–H and O–H groups in total. The van der Waals surface area contributed by atoms with Gasteiger partial charge in [-0.05, 0) is 35.9 Å². The second-order valence-corrected chi connectivity index (χ2v) is 6.14. The van der Waals surface area contributed by atoms with Crippen molar-refractivity contribution < 1.29 is 27.4 Å². The minimum atomic E-state index is -4.49. The van der Waals surface area contributed by atoms with Crippen molar-refractivity contribution in [3.05, 3.63) is 89.5 Å². The number of rotatable bonds is 6. The summed E-state index contributed by atoms with van der Waals surface area (Å²) in [6.07, 6.45) is -4.49. The van der Waals surface area contributed by atoms with Crippen molar-refractivity contribution in [3.8, 4) is 11.5 Å². The predicted octanol–water partition coefficient (Wildman–Crippen LogP) is 5.90. The van der Waals surface area contributed by atoms with Crippen LogP contribution in [-0.4, -0.2) is 13.1 Å². The van der Waals surface area contributed by atoms with E-state index in [-0.39, 0.29) is 22.7 Å². The molecule has 0 saturated heterocycles. The Labute approximate surface area is 165 Å². The molecule has 0 aliphatic carbocycles. The van der Waals surface area contributed by atoms with E-state index in [1.54, 1.807) is 18.2 Å². The SMILES string of the molecule is COC(=O)c1ccccc1Oc1ccc(C(F)(F)F)cc1NCc1ccccc1. The number of nitrogens with one attached hydrogen (secondary N) is 1. The topological polar surface area (TPSA) is 47.6 Å². The number of esters is 1.